The van der Waals surface area contributed by atoms with Crippen LogP contribution in [0.4, 0.5) is 5.82 Å². The van der Waals surface area contributed by atoms with Gasteiger partial charge in [-0.3, -0.25) is 0 Å². The Morgan fingerprint density at radius 3 is 2.95 bits per heavy atom. The fraction of sp³-hybridized carbons (Fsp3) is 0.625. The summed E-state index contributed by atoms with van der Waals surface area (Å²) >= 11 is 0. The van der Waals surface area contributed by atoms with Crippen LogP contribution in [0, 0.1) is 17.2 Å². The maximum Gasteiger partial charge on any atom is 0.146 e. The summed E-state index contributed by atoms with van der Waals surface area (Å²) in [7, 11) is 0. The number of nitriles is 1. The van der Waals surface area contributed by atoms with Crippen molar-refractivity contribution in [3.05, 3.63) is 22.9 Å². The number of rotatable bonds is 1. The van der Waals surface area contributed by atoms with E-state index in [4.69, 9.17) is 4.98 Å². The summed E-state index contributed by atoms with van der Waals surface area (Å²) in [5.74, 6) is 1.06. The summed E-state index contributed by atoms with van der Waals surface area (Å²) in [6, 6.07) is 4.34. The van der Waals surface area contributed by atoms with E-state index in [0.717, 1.165) is 38.2 Å². The molecule has 2 aliphatic rings. The normalized spacial score (nSPS) is 25.9. The van der Waals surface area contributed by atoms with Crippen molar-refractivity contribution in [3.63, 3.8) is 0 Å². The molecule has 106 valence electrons. The van der Waals surface area contributed by atoms with Crippen LogP contribution in [0.2, 0.25) is 0 Å². The Hall–Kier alpha value is -1.60. The van der Waals surface area contributed by atoms with Gasteiger partial charge in [0.1, 0.15) is 11.9 Å². The second-order valence-corrected chi connectivity index (χ2v) is 6.06. The first kappa shape index (κ1) is 13.4. The van der Waals surface area contributed by atoms with Gasteiger partial charge in [0.15, 0.2) is 0 Å². The number of aromatic nitrogens is 1. The highest BCUT2D eigenvalue weighted by Gasteiger charge is 2.27. The molecule has 0 saturated carbocycles. The number of aliphatic hydroxyl groups excluding tert-OH is 1. The van der Waals surface area contributed by atoms with Crippen LogP contribution < -0.4 is 4.90 Å². The van der Waals surface area contributed by atoms with Crippen molar-refractivity contribution in [2.45, 2.75) is 45.1 Å². The van der Waals surface area contributed by atoms with Gasteiger partial charge in [-0.25, -0.2) is 4.98 Å². The SMILES string of the molecule is CC1CN(c2nc3c(cc2C#N)CCCC3)CCC1O. The zero-order chi connectivity index (χ0) is 14.1. The van der Waals surface area contributed by atoms with E-state index in [1.807, 2.05) is 6.07 Å². The molecule has 2 heterocycles. The first-order valence-electron chi connectivity index (χ1n) is 7.55. The van der Waals surface area contributed by atoms with Gasteiger partial charge in [0.2, 0.25) is 0 Å². The lowest BCUT2D eigenvalue weighted by molar-refractivity contribution is 0.0968. The maximum atomic E-state index is 9.85. The van der Waals surface area contributed by atoms with Crippen molar-refractivity contribution in [2.75, 3.05) is 18.0 Å². The van der Waals surface area contributed by atoms with Crippen LogP contribution in [0.5, 0.6) is 0 Å². The molecular formula is C16H21N3O. The van der Waals surface area contributed by atoms with Crippen molar-refractivity contribution in [1.82, 2.24) is 4.98 Å². The van der Waals surface area contributed by atoms with Crippen molar-refractivity contribution < 1.29 is 5.11 Å². The molecule has 1 saturated heterocycles. The van der Waals surface area contributed by atoms with E-state index < -0.39 is 0 Å². The number of anilines is 1. The molecule has 1 aliphatic heterocycles. The molecule has 0 amide bonds. The third kappa shape index (κ3) is 2.38. The molecule has 3 rings (SSSR count). The van der Waals surface area contributed by atoms with Crippen molar-refractivity contribution in [3.8, 4) is 6.07 Å². The van der Waals surface area contributed by atoms with Crippen molar-refractivity contribution in [2.24, 2.45) is 5.92 Å². The molecule has 0 aromatic carbocycles. The highest BCUT2D eigenvalue weighted by atomic mass is 16.3. The molecule has 1 aromatic heterocycles. The Kier molecular flexibility index (Phi) is 3.62. The molecule has 2 unspecified atom stereocenters. The maximum absolute atomic E-state index is 9.85. The first-order valence-corrected chi connectivity index (χ1v) is 7.55. The topological polar surface area (TPSA) is 60.2 Å². The van der Waals surface area contributed by atoms with Crippen LogP contribution >= 0.6 is 0 Å². The molecular weight excluding hydrogens is 250 g/mol. The van der Waals surface area contributed by atoms with Gasteiger partial charge in [0.25, 0.3) is 0 Å². The zero-order valence-corrected chi connectivity index (χ0v) is 12.0. The number of aliphatic hydroxyl groups is 1. The average Bonchev–Trinajstić information content (AvgIpc) is 2.48. The van der Waals surface area contributed by atoms with Gasteiger partial charge in [0, 0.05) is 18.8 Å². The van der Waals surface area contributed by atoms with Crippen LogP contribution in [0.25, 0.3) is 0 Å². The smallest absolute Gasteiger partial charge is 0.146 e. The Morgan fingerprint density at radius 1 is 1.40 bits per heavy atom. The van der Waals surface area contributed by atoms with E-state index >= 15 is 0 Å². The summed E-state index contributed by atoms with van der Waals surface area (Å²) in [5, 5.41) is 19.3. The molecule has 2 atom stereocenters. The monoisotopic (exact) mass is 271 g/mol. The van der Waals surface area contributed by atoms with Crippen LogP contribution in [0.3, 0.4) is 0 Å². The van der Waals surface area contributed by atoms with E-state index in [-0.39, 0.29) is 12.0 Å². The Morgan fingerprint density at radius 2 is 2.20 bits per heavy atom. The number of aryl methyl sites for hydroxylation is 2. The predicted octanol–water partition coefficient (Wildman–Crippen LogP) is 2.04. The molecule has 4 nitrogen and oxygen atoms in total. The van der Waals surface area contributed by atoms with Gasteiger partial charge in [-0.15, -0.1) is 0 Å². The molecule has 0 radical (unpaired) electrons. The lowest BCUT2D eigenvalue weighted by Gasteiger charge is -2.36. The van der Waals surface area contributed by atoms with E-state index in [0.29, 0.717) is 5.56 Å². The fourth-order valence-electron chi connectivity index (χ4n) is 3.27. The highest BCUT2D eigenvalue weighted by molar-refractivity contribution is 5.56. The van der Waals surface area contributed by atoms with Gasteiger partial charge in [-0.2, -0.15) is 5.26 Å². The van der Waals surface area contributed by atoms with Crippen LogP contribution in [-0.2, 0) is 12.8 Å². The average molecular weight is 271 g/mol. The number of hydrogen-bond donors (Lipinski definition) is 1. The molecule has 20 heavy (non-hydrogen) atoms. The summed E-state index contributed by atoms with van der Waals surface area (Å²) in [6.07, 6.45) is 5.00. The molecule has 1 aromatic rings. The second-order valence-electron chi connectivity index (χ2n) is 6.06. The third-order valence-corrected chi connectivity index (χ3v) is 4.56. The summed E-state index contributed by atoms with van der Waals surface area (Å²) in [4.78, 5) is 6.96. The number of pyridine rings is 1. The molecule has 4 heteroatoms. The fourth-order valence-corrected chi connectivity index (χ4v) is 3.27. The van der Waals surface area contributed by atoms with Crippen molar-refractivity contribution >= 4 is 5.82 Å². The number of piperidine rings is 1. The van der Waals surface area contributed by atoms with Gasteiger partial charge >= 0.3 is 0 Å². The van der Waals surface area contributed by atoms with E-state index in [9.17, 15) is 10.4 Å². The Balaban J connectivity index is 1.94. The quantitative estimate of drug-likeness (QED) is 0.849. The highest BCUT2D eigenvalue weighted by Crippen LogP contribution is 2.29. The molecule has 1 fully saturated rings. The third-order valence-electron chi connectivity index (χ3n) is 4.56. The molecule has 1 aliphatic carbocycles. The Bertz CT molecular complexity index is 549. The van der Waals surface area contributed by atoms with Gasteiger partial charge in [0.05, 0.1) is 11.7 Å². The van der Waals surface area contributed by atoms with Gasteiger partial charge < -0.3 is 10.0 Å². The lowest BCUT2D eigenvalue weighted by Crippen LogP contribution is -2.42. The minimum absolute atomic E-state index is 0.227. The summed E-state index contributed by atoms with van der Waals surface area (Å²) in [5.41, 5.74) is 3.11. The van der Waals surface area contributed by atoms with Gasteiger partial charge in [-0.1, -0.05) is 6.92 Å². The standard InChI is InChI=1S/C16H21N3O/c1-11-10-19(7-6-15(11)20)16-13(9-17)8-12-4-2-3-5-14(12)18-16/h8,11,15,20H,2-7,10H2,1H3. The first-order chi connectivity index (χ1) is 9.69. The van der Waals surface area contributed by atoms with E-state index in [1.54, 1.807) is 0 Å². The molecule has 1 N–H and O–H groups in total. The number of hydrogen-bond acceptors (Lipinski definition) is 4. The predicted molar refractivity (Wildman–Crippen MR) is 77.6 cm³/mol. The summed E-state index contributed by atoms with van der Waals surface area (Å²) < 4.78 is 0. The minimum atomic E-state index is -0.227. The number of fused-ring (bicyclic) bond motifs is 1. The molecule has 0 bridgehead atoms. The van der Waals surface area contributed by atoms with Crippen LogP contribution in [-0.4, -0.2) is 29.3 Å². The van der Waals surface area contributed by atoms with Crippen molar-refractivity contribution in [1.29, 1.82) is 5.26 Å². The largest absolute Gasteiger partial charge is 0.393 e. The number of nitrogens with zero attached hydrogens (tertiary/aromatic N) is 3. The van der Waals surface area contributed by atoms with Crippen LogP contribution in [0.1, 0.15) is 43.0 Å². The summed E-state index contributed by atoms with van der Waals surface area (Å²) in [6.45, 7) is 3.62. The van der Waals surface area contributed by atoms with E-state index in [2.05, 4.69) is 17.9 Å². The lowest BCUT2D eigenvalue weighted by atomic mass is 9.93. The van der Waals surface area contributed by atoms with Crippen LogP contribution in [0.15, 0.2) is 6.07 Å². The minimum Gasteiger partial charge on any atom is -0.393 e. The second kappa shape index (κ2) is 5.41. The Labute approximate surface area is 120 Å². The van der Waals surface area contributed by atoms with E-state index in [1.165, 1.54) is 24.1 Å². The molecule has 0 spiro atoms. The zero-order valence-electron chi connectivity index (χ0n) is 12.0. The van der Waals surface area contributed by atoms with Gasteiger partial charge in [-0.05, 0) is 49.7 Å².